The first-order valence-corrected chi connectivity index (χ1v) is 7.14. The number of ether oxygens (including phenoxy) is 1. The largest absolute Gasteiger partial charge is 0.467 e. The highest BCUT2D eigenvalue weighted by Gasteiger charge is 2.38. The number of esters is 1. The zero-order chi connectivity index (χ0) is 15.5. The lowest BCUT2D eigenvalue weighted by Gasteiger charge is -2.30. The molecular formula is C16H15BrFNO2. The van der Waals surface area contributed by atoms with Crippen molar-refractivity contribution in [2.75, 3.05) is 12.4 Å². The SMILES string of the molecule is COC(=O)C(C)(Nc1ccccc1)c1ccc(Br)cc1F. The molecule has 0 aliphatic carbocycles. The Morgan fingerprint density at radius 2 is 1.90 bits per heavy atom. The number of rotatable bonds is 4. The smallest absolute Gasteiger partial charge is 0.336 e. The van der Waals surface area contributed by atoms with E-state index in [1.165, 1.54) is 13.2 Å². The second-order valence-corrected chi connectivity index (χ2v) is 5.65. The van der Waals surface area contributed by atoms with Gasteiger partial charge in [0.25, 0.3) is 0 Å². The monoisotopic (exact) mass is 351 g/mol. The van der Waals surface area contributed by atoms with Crippen LogP contribution in [0.2, 0.25) is 0 Å². The fraction of sp³-hybridized carbons (Fsp3) is 0.188. The van der Waals surface area contributed by atoms with Gasteiger partial charge in [-0.05, 0) is 31.2 Å². The molecular weight excluding hydrogens is 337 g/mol. The molecule has 0 saturated carbocycles. The van der Waals surface area contributed by atoms with Crippen molar-refractivity contribution in [2.24, 2.45) is 0 Å². The Hall–Kier alpha value is -1.88. The maximum Gasteiger partial charge on any atom is 0.336 e. The third kappa shape index (κ3) is 3.24. The average Bonchev–Trinajstić information content (AvgIpc) is 2.47. The minimum atomic E-state index is -1.32. The normalized spacial score (nSPS) is 13.3. The summed E-state index contributed by atoms with van der Waals surface area (Å²) in [5.41, 5.74) is -0.393. The van der Waals surface area contributed by atoms with Gasteiger partial charge in [-0.1, -0.05) is 40.2 Å². The van der Waals surface area contributed by atoms with Crippen molar-refractivity contribution in [2.45, 2.75) is 12.5 Å². The van der Waals surface area contributed by atoms with E-state index in [1.54, 1.807) is 31.2 Å². The molecule has 0 fully saturated rings. The van der Waals surface area contributed by atoms with Crippen molar-refractivity contribution in [3.63, 3.8) is 0 Å². The molecule has 21 heavy (non-hydrogen) atoms. The number of carbonyl (C=O) groups is 1. The standard InChI is InChI=1S/C16H15BrFNO2/c1-16(15(20)21-2,19-12-6-4-3-5-7-12)13-9-8-11(17)10-14(13)18/h3-10,19H,1-2H3. The summed E-state index contributed by atoms with van der Waals surface area (Å²) >= 11 is 3.21. The van der Waals surface area contributed by atoms with Gasteiger partial charge in [-0.2, -0.15) is 0 Å². The van der Waals surface area contributed by atoms with Gasteiger partial charge in [-0.3, -0.25) is 0 Å². The van der Waals surface area contributed by atoms with E-state index in [0.717, 1.165) is 0 Å². The van der Waals surface area contributed by atoms with E-state index in [1.807, 2.05) is 18.2 Å². The summed E-state index contributed by atoms with van der Waals surface area (Å²) in [5.74, 6) is -1.05. The quantitative estimate of drug-likeness (QED) is 0.843. The van der Waals surface area contributed by atoms with Crippen LogP contribution in [0.1, 0.15) is 12.5 Å². The van der Waals surface area contributed by atoms with E-state index in [2.05, 4.69) is 21.2 Å². The molecule has 0 amide bonds. The van der Waals surface area contributed by atoms with Crippen molar-refractivity contribution in [3.8, 4) is 0 Å². The van der Waals surface area contributed by atoms with Crippen molar-refractivity contribution < 1.29 is 13.9 Å². The van der Waals surface area contributed by atoms with E-state index in [4.69, 9.17) is 4.74 Å². The van der Waals surface area contributed by atoms with E-state index >= 15 is 0 Å². The van der Waals surface area contributed by atoms with E-state index in [9.17, 15) is 9.18 Å². The van der Waals surface area contributed by atoms with Gasteiger partial charge < -0.3 is 10.1 Å². The Bertz CT molecular complexity index is 648. The average molecular weight is 352 g/mol. The first-order chi connectivity index (χ1) is 9.97. The van der Waals surface area contributed by atoms with E-state index < -0.39 is 17.3 Å². The van der Waals surface area contributed by atoms with Crippen LogP contribution < -0.4 is 5.32 Å². The summed E-state index contributed by atoms with van der Waals surface area (Å²) in [6, 6.07) is 13.7. The van der Waals surface area contributed by atoms with Crippen molar-refractivity contribution >= 4 is 27.6 Å². The number of carbonyl (C=O) groups excluding carboxylic acids is 1. The maximum atomic E-state index is 14.3. The van der Waals surface area contributed by atoms with Crippen LogP contribution in [0.3, 0.4) is 0 Å². The van der Waals surface area contributed by atoms with Crippen molar-refractivity contribution in [3.05, 3.63) is 64.4 Å². The third-order valence-corrected chi connectivity index (χ3v) is 3.72. The number of halogens is 2. The summed E-state index contributed by atoms with van der Waals surface area (Å²) in [6.45, 7) is 1.60. The van der Waals surface area contributed by atoms with Crippen LogP contribution in [-0.2, 0) is 15.1 Å². The maximum absolute atomic E-state index is 14.3. The molecule has 0 aromatic heterocycles. The lowest BCUT2D eigenvalue weighted by atomic mass is 9.91. The predicted molar refractivity (Wildman–Crippen MR) is 83.5 cm³/mol. The highest BCUT2D eigenvalue weighted by atomic mass is 79.9. The van der Waals surface area contributed by atoms with Gasteiger partial charge in [0.05, 0.1) is 7.11 Å². The number of hydrogen-bond donors (Lipinski definition) is 1. The Kier molecular flexibility index (Phi) is 4.63. The molecule has 1 atom stereocenters. The molecule has 1 unspecified atom stereocenters. The van der Waals surface area contributed by atoms with E-state index in [0.29, 0.717) is 10.2 Å². The van der Waals surface area contributed by atoms with Crippen molar-refractivity contribution in [1.29, 1.82) is 0 Å². The summed E-state index contributed by atoms with van der Waals surface area (Å²) in [7, 11) is 1.28. The summed E-state index contributed by atoms with van der Waals surface area (Å²) in [4.78, 5) is 12.2. The number of methoxy groups -OCH3 is 1. The van der Waals surface area contributed by atoms with Gasteiger partial charge in [0.2, 0.25) is 0 Å². The lowest BCUT2D eigenvalue weighted by molar-refractivity contribution is -0.145. The summed E-state index contributed by atoms with van der Waals surface area (Å²) in [5, 5.41) is 3.05. The Balaban J connectivity index is 2.49. The number of anilines is 1. The minimum absolute atomic E-state index is 0.224. The van der Waals surface area contributed by atoms with Gasteiger partial charge in [-0.15, -0.1) is 0 Å². The van der Waals surface area contributed by atoms with Crippen LogP contribution in [-0.4, -0.2) is 13.1 Å². The summed E-state index contributed by atoms with van der Waals surface area (Å²) < 4.78 is 19.7. The number of nitrogens with one attached hydrogen (secondary N) is 1. The van der Waals surface area contributed by atoms with Crippen LogP contribution in [0.5, 0.6) is 0 Å². The molecule has 3 nitrogen and oxygen atoms in total. The van der Waals surface area contributed by atoms with Gasteiger partial charge in [-0.25, -0.2) is 9.18 Å². The summed E-state index contributed by atoms with van der Waals surface area (Å²) in [6.07, 6.45) is 0. The highest BCUT2D eigenvalue weighted by Crippen LogP contribution is 2.31. The van der Waals surface area contributed by atoms with Crippen LogP contribution in [0.15, 0.2) is 53.0 Å². The highest BCUT2D eigenvalue weighted by molar-refractivity contribution is 9.10. The molecule has 0 radical (unpaired) electrons. The Morgan fingerprint density at radius 3 is 2.48 bits per heavy atom. The molecule has 1 N–H and O–H groups in total. The second kappa shape index (κ2) is 6.26. The molecule has 0 saturated heterocycles. The fourth-order valence-corrected chi connectivity index (χ4v) is 2.47. The van der Waals surface area contributed by atoms with Gasteiger partial charge in [0.1, 0.15) is 5.82 Å². The third-order valence-electron chi connectivity index (χ3n) is 3.23. The molecule has 2 aromatic rings. The molecule has 0 aliphatic heterocycles. The number of benzene rings is 2. The molecule has 5 heteroatoms. The molecule has 0 bridgehead atoms. The fourth-order valence-electron chi connectivity index (χ4n) is 2.14. The van der Waals surface area contributed by atoms with Crippen LogP contribution >= 0.6 is 15.9 Å². The second-order valence-electron chi connectivity index (χ2n) is 4.73. The first kappa shape index (κ1) is 15.5. The topological polar surface area (TPSA) is 38.3 Å². The van der Waals surface area contributed by atoms with Gasteiger partial charge >= 0.3 is 5.97 Å². The molecule has 0 spiro atoms. The molecule has 2 aromatic carbocycles. The van der Waals surface area contributed by atoms with Crippen LogP contribution in [0.25, 0.3) is 0 Å². The number of para-hydroxylation sites is 1. The van der Waals surface area contributed by atoms with Gasteiger partial charge in [0, 0.05) is 15.7 Å². The predicted octanol–water partition coefficient (Wildman–Crippen LogP) is 4.09. The zero-order valence-corrected chi connectivity index (χ0v) is 13.3. The first-order valence-electron chi connectivity index (χ1n) is 6.34. The molecule has 2 rings (SSSR count). The van der Waals surface area contributed by atoms with E-state index in [-0.39, 0.29) is 5.56 Å². The molecule has 0 aliphatic rings. The Labute approximate surface area is 131 Å². The molecule has 110 valence electrons. The number of hydrogen-bond acceptors (Lipinski definition) is 3. The molecule has 0 heterocycles. The van der Waals surface area contributed by atoms with Crippen LogP contribution in [0, 0.1) is 5.82 Å². The Morgan fingerprint density at radius 1 is 1.24 bits per heavy atom. The minimum Gasteiger partial charge on any atom is -0.467 e. The van der Waals surface area contributed by atoms with Crippen LogP contribution in [0.4, 0.5) is 10.1 Å². The zero-order valence-electron chi connectivity index (χ0n) is 11.7. The van der Waals surface area contributed by atoms with Crippen molar-refractivity contribution in [1.82, 2.24) is 0 Å². The lowest BCUT2D eigenvalue weighted by Crippen LogP contribution is -2.42. The van der Waals surface area contributed by atoms with Gasteiger partial charge in [0.15, 0.2) is 5.54 Å².